The van der Waals surface area contributed by atoms with E-state index in [1.807, 2.05) is 0 Å². The van der Waals surface area contributed by atoms with E-state index >= 15 is 0 Å². The summed E-state index contributed by atoms with van der Waals surface area (Å²) < 4.78 is 56.8. The lowest BCUT2D eigenvalue weighted by molar-refractivity contribution is -0.139. The number of benzene rings is 2. The summed E-state index contributed by atoms with van der Waals surface area (Å²) >= 11 is 0. The van der Waals surface area contributed by atoms with Crippen LogP contribution in [0, 0.1) is 5.82 Å². The Morgan fingerprint density at radius 1 is 1.21 bits per heavy atom. The summed E-state index contributed by atoms with van der Waals surface area (Å²) in [5.74, 6) is -1.24. The van der Waals surface area contributed by atoms with Gasteiger partial charge in [-0.1, -0.05) is 6.07 Å². The number of urea groups is 1. The van der Waals surface area contributed by atoms with Crippen molar-refractivity contribution in [3.63, 3.8) is 0 Å². The van der Waals surface area contributed by atoms with E-state index in [1.165, 1.54) is 0 Å². The van der Waals surface area contributed by atoms with Gasteiger partial charge in [0.1, 0.15) is 11.6 Å². The van der Waals surface area contributed by atoms with E-state index in [1.54, 1.807) is 25.1 Å². The predicted molar refractivity (Wildman–Crippen MR) is 92.5 cm³/mol. The summed E-state index contributed by atoms with van der Waals surface area (Å²) in [5, 5.41) is 7.44. The molecule has 148 valence electrons. The first-order valence-corrected chi connectivity index (χ1v) is 8.14. The molecule has 0 spiro atoms. The van der Waals surface area contributed by atoms with Crippen LogP contribution in [0.2, 0.25) is 0 Å². The number of fused-ring (bicyclic) bond motifs is 1. The van der Waals surface area contributed by atoms with Gasteiger partial charge >= 0.3 is 12.2 Å². The van der Waals surface area contributed by atoms with Crippen molar-refractivity contribution in [2.24, 2.45) is 0 Å². The van der Waals surface area contributed by atoms with Gasteiger partial charge in [0.2, 0.25) is 0 Å². The average Bonchev–Trinajstić information content (AvgIpc) is 2.61. The molecule has 1 unspecified atom stereocenters. The first-order valence-electron chi connectivity index (χ1n) is 8.14. The molecule has 0 aromatic heterocycles. The molecular formula is C18H15F4N3O3. The Morgan fingerprint density at radius 2 is 1.96 bits per heavy atom. The highest BCUT2D eigenvalue weighted by molar-refractivity contribution is 5.95. The second-order valence-corrected chi connectivity index (χ2v) is 6.10. The number of amides is 3. The molecule has 1 aliphatic heterocycles. The minimum absolute atomic E-state index is 0.0832. The maximum Gasteiger partial charge on any atom is 0.419 e. The van der Waals surface area contributed by atoms with Crippen molar-refractivity contribution in [2.45, 2.75) is 19.1 Å². The number of carbonyl (C=O) groups excluding carboxylic acids is 2. The van der Waals surface area contributed by atoms with E-state index in [4.69, 9.17) is 4.74 Å². The molecule has 3 N–H and O–H groups in total. The molecule has 0 saturated heterocycles. The number of hydrogen-bond acceptors (Lipinski definition) is 3. The lowest BCUT2D eigenvalue weighted by atomic mass is 10.1. The summed E-state index contributed by atoms with van der Waals surface area (Å²) in [5.41, 5.74) is -0.584. The van der Waals surface area contributed by atoms with Crippen LogP contribution in [0.5, 0.6) is 5.75 Å². The Labute approximate surface area is 156 Å². The molecule has 0 radical (unpaired) electrons. The van der Waals surface area contributed by atoms with Crippen LogP contribution in [0.1, 0.15) is 24.1 Å². The van der Waals surface area contributed by atoms with Gasteiger partial charge in [-0.05, 0) is 42.8 Å². The third-order valence-electron chi connectivity index (χ3n) is 4.01. The Kier molecular flexibility index (Phi) is 5.12. The van der Waals surface area contributed by atoms with Crippen molar-refractivity contribution < 1.29 is 31.9 Å². The number of anilines is 2. The van der Waals surface area contributed by atoms with Gasteiger partial charge in [-0.2, -0.15) is 13.2 Å². The molecule has 0 fully saturated rings. The Bertz CT molecular complexity index is 931. The highest BCUT2D eigenvalue weighted by Crippen LogP contribution is 2.33. The highest BCUT2D eigenvalue weighted by atomic mass is 19.4. The van der Waals surface area contributed by atoms with Gasteiger partial charge < -0.3 is 20.7 Å². The molecule has 10 heteroatoms. The van der Waals surface area contributed by atoms with Crippen molar-refractivity contribution in [1.29, 1.82) is 0 Å². The van der Waals surface area contributed by atoms with E-state index < -0.39 is 29.6 Å². The van der Waals surface area contributed by atoms with Gasteiger partial charge in [-0.15, -0.1) is 0 Å². The number of carbonyl (C=O) groups is 2. The summed E-state index contributed by atoms with van der Waals surface area (Å²) in [7, 11) is 0. The van der Waals surface area contributed by atoms with Crippen LogP contribution < -0.4 is 20.7 Å². The number of halogens is 4. The lowest BCUT2D eigenvalue weighted by Crippen LogP contribution is -2.31. The number of nitrogens with one attached hydrogen (secondary N) is 3. The molecular weight excluding hydrogens is 382 g/mol. The summed E-state index contributed by atoms with van der Waals surface area (Å²) in [6.45, 7) is 1.57. The molecule has 3 rings (SSSR count). The standard InChI is InChI=1S/C18H15F4N3O3/c1-9(10-2-5-15-14(6-10)25-16(26)8-28-15)23-17(27)24-11-3-4-13(19)12(7-11)18(20,21)22/h2-7,9H,8H2,1H3,(H,25,26)(H2,23,24,27). The normalized spacial score (nSPS) is 14.4. The summed E-state index contributed by atoms with van der Waals surface area (Å²) in [6.07, 6.45) is -4.87. The van der Waals surface area contributed by atoms with Gasteiger partial charge in [0.05, 0.1) is 17.3 Å². The fourth-order valence-electron chi connectivity index (χ4n) is 2.64. The van der Waals surface area contributed by atoms with Crippen molar-refractivity contribution in [2.75, 3.05) is 17.2 Å². The molecule has 0 aliphatic carbocycles. The van der Waals surface area contributed by atoms with Gasteiger partial charge in [0.25, 0.3) is 5.91 Å². The maximum absolute atomic E-state index is 13.3. The zero-order valence-electron chi connectivity index (χ0n) is 14.5. The molecule has 1 heterocycles. The van der Waals surface area contributed by atoms with E-state index in [-0.39, 0.29) is 18.2 Å². The average molecular weight is 397 g/mol. The van der Waals surface area contributed by atoms with Gasteiger partial charge in [-0.3, -0.25) is 4.79 Å². The van der Waals surface area contributed by atoms with Crippen LogP contribution in [-0.4, -0.2) is 18.5 Å². The van der Waals surface area contributed by atoms with Crippen LogP contribution in [0.25, 0.3) is 0 Å². The Hall–Kier alpha value is -3.30. The first-order chi connectivity index (χ1) is 13.1. The topological polar surface area (TPSA) is 79.5 Å². The van der Waals surface area contributed by atoms with Crippen molar-refractivity contribution in [3.8, 4) is 5.75 Å². The molecule has 2 aromatic carbocycles. The van der Waals surface area contributed by atoms with E-state index in [2.05, 4.69) is 16.0 Å². The fraction of sp³-hybridized carbons (Fsp3) is 0.222. The molecule has 3 amide bonds. The minimum atomic E-state index is -4.87. The Balaban J connectivity index is 1.68. The summed E-state index contributed by atoms with van der Waals surface area (Å²) in [6, 6.07) is 5.81. The van der Waals surface area contributed by atoms with Gasteiger partial charge in [-0.25, -0.2) is 9.18 Å². The van der Waals surface area contributed by atoms with Crippen LogP contribution in [-0.2, 0) is 11.0 Å². The van der Waals surface area contributed by atoms with Crippen molar-refractivity contribution in [3.05, 3.63) is 53.3 Å². The van der Waals surface area contributed by atoms with E-state index in [0.717, 1.165) is 6.07 Å². The predicted octanol–water partition coefficient (Wildman–Crippen LogP) is 4.06. The second kappa shape index (κ2) is 7.37. The molecule has 0 bridgehead atoms. The molecule has 1 atom stereocenters. The largest absolute Gasteiger partial charge is 0.482 e. The molecule has 28 heavy (non-hydrogen) atoms. The van der Waals surface area contributed by atoms with Crippen molar-refractivity contribution >= 4 is 23.3 Å². The van der Waals surface area contributed by atoms with E-state index in [9.17, 15) is 27.2 Å². The molecule has 0 saturated carbocycles. The van der Waals surface area contributed by atoms with Crippen LogP contribution >= 0.6 is 0 Å². The summed E-state index contributed by atoms with van der Waals surface area (Å²) in [4.78, 5) is 23.5. The number of hydrogen-bond donors (Lipinski definition) is 3. The fourth-order valence-corrected chi connectivity index (χ4v) is 2.64. The minimum Gasteiger partial charge on any atom is -0.482 e. The second-order valence-electron chi connectivity index (χ2n) is 6.10. The monoisotopic (exact) mass is 397 g/mol. The zero-order valence-corrected chi connectivity index (χ0v) is 14.5. The smallest absolute Gasteiger partial charge is 0.419 e. The zero-order chi connectivity index (χ0) is 20.5. The molecule has 1 aliphatic rings. The number of rotatable bonds is 3. The lowest BCUT2D eigenvalue weighted by Gasteiger charge is -2.21. The number of ether oxygens (including phenoxy) is 1. The maximum atomic E-state index is 13.3. The molecule has 2 aromatic rings. The Morgan fingerprint density at radius 3 is 2.68 bits per heavy atom. The van der Waals surface area contributed by atoms with Crippen LogP contribution in [0.4, 0.5) is 33.7 Å². The van der Waals surface area contributed by atoms with Crippen molar-refractivity contribution in [1.82, 2.24) is 5.32 Å². The third-order valence-corrected chi connectivity index (χ3v) is 4.01. The quantitative estimate of drug-likeness (QED) is 0.684. The SMILES string of the molecule is CC(NC(=O)Nc1ccc(F)c(C(F)(F)F)c1)c1ccc2c(c1)NC(=O)CO2. The van der Waals surface area contributed by atoms with Gasteiger partial charge in [0.15, 0.2) is 6.61 Å². The third kappa shape index (κ3) is 4.33. The molecule has 6 nitrogen and oxygen atoms in total. The van der Waals surface area contributed by atoms with E-state index in [0.29, 0.717) is 29.1 Å². The van der Waals surface area contributed by atoms with Crippen LogP contribution in [0.3, 0.4) is 0 Å². The number of alkyl halides is 3. The van der Waals surface area contributed by atoms with Gasteiger partial charge in [0, 0.05) is 5.69 Å². The highest BCUT2D eigenvalue weighted by Gasteiger charge is 2.34. The van der Waals surface area contributed by atoms with Crippen LogP contribution in [0.15, 0.2) is 36.4 Å². The first kappa shape index (κ1) is 19.5.